The third-order valence-electron chi connectivity index (χ3n) is 4.90. The van der Waals surface area contributed by atoms with Crippen LogP contribution in [0.3, 0.4) is 0 Å². The van der Waals surface area contributed by atoms with Crippen LogP contribution >= 0.6 is 0 Å². The largest absolute Gasteiger partial charge is 0.449 e. The maximum Gasteiger partial charge on any atom is 0.382 e. The van der Waals surface area contributed by atoms with Crippen LogP contribution in [0.15, 0.2) is 12.2 Å². The van der Waals surface area contributed by atoms with Crippen LogP contribution < -0.4 is 0 Å². The summed E-state index contributed by atoms with van der Waals surface area (Å²) in [6.45, 7) is 2.40. The summed E-state index contributed by atoms with van der Waals surface area (Å²) in [6, 6.07) is 0. The van der Waals surface area contributed by atoms with E-state index in [0.29, 0.717) is 0 Å². The molecule has 0 aromatic carbocycles. The fraction of sp³-hybridized carbons (Fsp3) is 0.733. The van der Waals surface area contributed by atoms with E-state index in [-0.39, 0.29) is 0 Å². The zero-order valence-electron chi connectivity index (χ0n) is 15.7. The van der Waals surface area contributed by atoms with Gasteiger partial charge in [0, 0.05) is 5.57 Å². The number of rotatable bonds is 5. The number of hydrogen-bond acceptors (Lipinski definition) is 4. The van der Waals surface area contributed by atoms with Crippen molar-refractivity contribution >= 4 is 11.9 Å². The number of ether oxygens (including phenoxy) is 2. The molecular weight excluding hydrogens is 548 g/mol. The van der Waals surface area contributed by atoms with Crippen molar-refractivity contribution in [2.45, 2.75) is 66.0 Å². The van der Waals surface area contributed by atoms with E-state index in [1.54, 1.807) is 0 Å². The summed E-state index contributed by atoms with van der Waals surface area (Å²) in [7, 11) is 0. The summed E-state index contributed by atoms with van der Waals surface area (Å²) < 4.78 is 218. The highest BCUT2D eigenvalue weighted by atomic mass is 19.4. The average molecular weight is 554 g/mol. The van der Waals surface area contributed by atoms with Crippen molar-refractivity contribution in [3.8, 4) is 0 Å². The number of carbonyl (C=O) groups excluding carboxylic acids is 2. The van der Waals surface area contributed by atoms with E-state index in [0.717, 1.165) is 0 Å². The zero-order chi connectivity index (χ0) is 28.0. The van der Waals surface area contributed by atoms with Crippen LogP contribution in [0.2, 0.25) is 0 Å². The Labute approximate surface area is 180 Å². The second kappa shape index (κ2) is 7.30. The molecule has 0 heterocycles. The number of esters is 2. The molecule has 2 aliphatic rings. The molecule has 0 aromatic heterocycles. The molecule has 2 aliphatic carbocycles. The highest BCUT2D eigenvalue weighted by Gasteiger charge is 2.96. The quantitative estimate of drug-likeness (QED) is 0.277. The number of alkyl halides is 16. The first-order valence-corrected chi connectivity index (χ1v) is 8.28. The van der Waals surface area contributed by atoms with Crippen molar-refractivity contribution in [1.29, 1.82) is 0 Å². The molecule has 0 atom stereocenters. The predicted octanol–water partition coefficient (Wildman–Crippen LogP) is 4.87. The molecule has 0 amide bonds. The topological polar surface area (TPSA) is 52.6 Å². The normalized spacial score (nSPS) is 28.9. The first-order valence-electron chi connectivity index (χ1n) is 8.28. The smallest absolute Gasteiger partial charge is 0.382 e. The summed E-state index contributed by atoms with van der Waals surface area (Å²) in [5.74, 6) is -58.5. The third-order valence-corrected chi connectivity index (χ3v) is 4.90. The van der Waals surface area contributed by atoms with Gasteiger partial charge in [0.15, 0.2) is 0 Å². The lowest BCUT2D eigenvalue weighted by atomic mass is 10.1. The lowest BCUT2D eigenvalue weighted by Gasteiger charge is -2.25. The Morgan fingerprint density at radius 1 is 0.543 bits per heavy atom. The van der Waals surface area contributed by atoms with E-state index in [1.807, 2.05) is 0 Å². The molecule has 4 nitrogen and oxygen atoms in total. The maximum absolute atomic E-state index is 13.4. The molecule has 0 saturated heterocycles. The Morgan fingerprint density at radius 2 is 0.800 bits per heavy atom. The Morgan fingerprint density at radius 3 is 1.09 bits per heavy atom. The van der Waals surface area contributed by atoms with Gasteiger partial charge in [-0.25, -0.2) is 4.79 Å². The highest BCUT2D eigenvalue weighted by Crippen LogP contribution is 2.65. The fourth-order valence-electron chi connectivity index (χ4n) is 2.86. The van der Waals surface area contributed by atoms with Gasteiger partial charge in [0.1, 0.15) is 0 Å². The first-order chi connectivity index (χ1) is 15.2. The Kier molecular flexibility index (Phi) is 6.00. The summed E-state index contributed by atoms with van der Waals surface area (Å²) in [6.07, 6.45) is -12.0. The van der Waals surface area contributed by atoms with E-state index in [2.05, 4.69) is 16.1 Å². The van der Waals surface area contributed by atoms with Gasteiger partial charge in [-0.2, -0.15) is 70.2 Å². The Balaban J connectivity index is 2.20. The minimum Gasteiger partial charge on any atom is -0.449 e. The molecular formula is C15H6F16O4. The van der Waals surface area contributed by atoms with E-state index >= 15 is 0 Å². The second-order valence-corrected chi connectivity index (χ2v) is 7.23. The Hall–Kier alpha value is -2.44. The molecule has 0 N–H and O–H groups in total. The van der Waals surface area contributed by atoms with Gasteiger partial charge >= 0.3 is 59.3 Å². The molecule has 0 aliphatic heterocycles. The number of hydrogen-bond donors (Lipinski definition) is 0. The lowest BCUT2D eigenvalue weighted by molar-refractivity contribution is -0.303. The standard InChI is InChI=1S/C15H6F16O4/c1-3(5(33)35-7-10(20,21)14(28,29)15(30,31)11(7,22)23)2-4(32)34-6-8(16,17)12(24,25)13(26,27)9(6,18)19/h6-7H,1-2H2. The molecule has 35 heavy (non-hydrogen) atoms. The van der Waals surface area contributed by atoms with Crippen LogP contribution in [-0.2, 0) is 19.1 Å². The van der Waals surface area contributed by atoms with Gasteiger partial charge in [-0.3, -0.25) is 4.79 Å². The lowest BCUT2D eigenvalue weighted by Crippen LogP contribution is -2.51. The van der Waals surface area contributed by atoms with Gasteiger partial charge in [0.2, 0.25) is 12.2 Å². The molecule has 202 valence electrons. The summed E-state index contributed by atoms with van der Waals surface area (Å²) >= 11 is 0. The monoisotopic (exact) mass is 554 g/mol. The minimum atomic E-state index is -6.80. The molecule has 2 saturated carbocycles. The molecule has 20 heteroatoms. The van der Waals surface area contributed by atoms with E-state index in [9.17, 15) is 79.8 Å². The Bertz CT molecular complexity index is 887. The summed E-state index contributed by atoms with van der Waals surface area (Å²) in [5, 5.41) is 0. The average Bonchev–Trinajstić information content (AvgIpc) is 2.78. The minimum absolute atomic E-state index is 1.87. The van der Waals surface area contributed by atoms with Crippen molar-refractivity contribution in [1.82, 2.24) is 0 Å². The van der Waals surface area contributed by atoms with Crippen molar-refractivity contribution in [2.75, 3.05) is 0 Å². The van der Waals surface area contributed by atoms with E-state index in [1.165, 1.54) is 0 Å². The maximum atomic E-state index is 13.4. The van der Waals surface area contributed by atoms with Crippen molar-refractivity contribution in [3.63, 3.8) is 0 Å². The van der Waals surface area contributed by atoms with Crippen LogP contribution in [0.25, 0.3) is 0 Å². The zero-order valence-corrected chi connectivity index (χ0v) is 15.7. The third kappa shape index (κ3) is 3.29. The van der Waals surface area contributed by atoms with Gasteiger partial charge in [0.25, 0.3) is 0 Å². The predicted molar refractivity (Wildman–Crippen MR) is 73.1 cm³/mol. The molecule has 0 unspecified atom stereocenters. The number of halogens is 16. The van der Waals surface area contributed by atoms with Gasteiger partial charge in [-0.15, -0.1) is 0 Å². The molecule has 0 aromatic rings. The fourth-order valence-corrected chi connectivity index (χ4v) is 2.86. The molecule has 0 bridgehead atoms. The molecule has 2 rings (SSSR count). The van der Waals surface area contributed by atoms with Gasteiger partial charge in [0.05, 0.1) is 6.42 Å². The van der Waals surface area contributed by atoms with Crippen molar-refractivity contribution in [3.05, 3.63) is 12.2 Å². The van der Waals surface area contributed by atoms with Crippen LogP contribution in [0.1, 0.15) is 6.42 Å². The van der Waals surface area contributed by atoms with Crippen LogP contribution in [0.5, 0.6) is 0 Å². The first kappa shape index (κ1) is 28.8. The summed E-state index contributed by atoms with van der Waals surface area (Å²) in [5.41, 5.74) is -1.87. The highest BCUT2D eigenvalue weighted by molar-refractivity contribution is 5.93. The van der Waals surface area contributed by atoms with Crippen LogP contribution in [0, 0.1) is 0 Å². The molecule has 2 fully saturated rings. The van der Waals surface area contributed by atoms with Gasteiger partial charge < -0.3 is 9.47 Å². The van der Waals surface area contributed by atoms with Crippen molar-refractivity contribution in [2.24, 2.45) is 0 Å². The molecule has 0 spiro atoms. The van der Waals surface area contributed by atoms with Crippen molar-refractivity contribution < 1.29 is 89.3 Å². The van der Waals surface area contributed by atoms with Gasteiger partial charge in [-0.1, -0.05) is 6.58 Å². The SMILES string of the molecule is C=C(CC(=O)OC1C(F)(F)C(F)(F)C(F)(F)C1(F)F)C(=O)OC1C(F)(F)C(F)(F)C(F)(F)C1(F)F. The number of carbonyl (C=O) groups is 2. The summed E-state index contributed by atoms with van der Waals surface area (Å²) in [4.78, 5) is 22.9. The second-order valence-electron chi connectivity index (χ2n) is 7.23. The van der Waals surface area contributed by atoms with E-state index < -0.39 is 83.5 Å². The van der Waals surface area contributed by atoms with Gasteiger partial charge in [-0.05, 0) is 0 Å². The van der Waals surface area contributed by atoms with E-state index in [4.69, 9.17) is 0 Å². The van der Waals surface area contributed by atoms with Crippen LogP contribution in [0.4, 0.5) is 70.2 Å². The molecule has 0 radical (unpaired) electrons. The van der Waals surface area contributed by atoms with Crippen LogP contribution in [-0.4, -0.2) is 71.5 Å².